The summed E-state index contributed by atoms with van der Waals surface area (Å²) in [4.78, 5) is 0.429. The molecule has 2 aromatic carbocycles. The van der Waals surface area contributed by atoms with Crippen LogP contribution in [-0.4, -0.2) is 38.5 Å². The Morgan fingerprint density at radius 1 is 1.00 bits per heavy atom. The molecule has 1 aliphatic heterocycles. The summed E-state index contributed by atoms with van der Waals surface area (Å²) in [6, 6.07) is 15.8. The number of ether oxygens (including phenoxy) is 1. The number of morpholine rings is 1. The topological polar surface area (TPSA) is 46.6 Å². The van der Waals surface area contributed by atoms with E-state index in [-0.39, 0.29) is 6.10 Å². The number of sulfonamides is 1. The highest BCUT2D eigenvalue weighted by molar-refractivity contribution is 7.89. The smallest absolute Gasteiger partial charge is 0.243 e. The average Bonchev–Trinajstić information content (AvgIpc) is 2.68. The highest BCUT2D eigenvalue weighted by atomic mass is 32.2. The van der Waals surface area contributed by atoms with Gasteiger partial charge in [-0.05, 0) is 60.9 Å². The van der Waals surface area contributed by atoms with Crippen LogP contribution in [0.5, 0.6) is 0 Å². The second-order valence-corrected chi connectivity index (χ2v) is 9.12. The van der Waals surface area contributed by atoms with Crippen molar-refractivity contribution in [2.24, 2.45) is 0 Å². The third-order valence-corrected chi connectivity index (χ3v) is 7.23. The lowest BCUT2D eigenvalue weighted by Gasteiger charge is -2.32. The molecule has 0 N–H and O–H groups in total. The van der Waals surface area contributed by atoms with E-state index in [0.717, 1.165) is 25.7 Å². The molecule has 0 bridgehead atoms. The fourth-order valence-corrected chi connectivity index (χ4v) is 5.44. The van der Waals surface area contributed by atoms with E-state index in [1.54, 1.807) is 10.4 Å². The molecule has 4 rings (SSSR count). The van der Waals surface area contributed by atoms with Gasteiger partial charge in [0.25, 0.3) is 0 Å². The molecule has 0 amide bonds. The van der Waals surface area contributed by atoms with Crippen LogP contribution >= 0.6 is 0 Å². The minimum atomic E-state index is -3.47. The monoisotopic (exact) mass is 371 g/mol. The molecule has 2 aliphatic rings. The predicted octanol–water partition coefficient (Wildman–Crippen LogP) is 3.20. The molecule has 0 saturated carbocycles. The van der Waals surface area contributed by atoms with E-state index in [2.05, 4.69) is 12.1 Å². The molecule has 2 aromatic rings. The largest absolute Gasteiger partial charge is 0.375 e. The molecule has 5 heteroatoms. The van der Waals surface area contributed by atoms with E-state index >= 15 is 0 Å². The van der Waals surface area contributed by atoms with Crippen LogP contribution in [0.1, 0.15) is 29.5 Å². The first-order valence-corrected chi connectivity index (χ1v) is 10.8. The van der Waals surface area contributed by atoms with E-state index in [0.29, 0.717) is 24.6 Å². The summed E-state index contributed by atoms with van der Waals surface area (Å²) < 4.78 is 33.7. The highest BCUT2D eigenvalue weighted by Crippen LogP contribution is 2.26. The van der Waals surface area contributed by atoms with E-state index in [1.807, 2.05) is 30.3 Å². The molecule has 26 heavy (non-hydrogen) atoms. The Morgan fingerprint density at radius 2 is 1.77 bits per heavy atom. The van der Waals surface area contributed by atoms with Crippen LogP contribution < -0.4 is 0 Å². The summed E-state index contributed by atoms with van der Waals surface area (Å²) in [5.74, 6) is 0. The molecular formula is C21H25NO3S. The summed E-state index contributed by atoms with van der Waals surface area (Å²) >= 11 is 0. The fourth-order valence-electron chi connectivity index (χ4n) is 3.93. The maximum absolute atomic E-state index is 13.1. The summed E-state index contributed by atoms with van der Waals surface area (Å²) in [6.45, 7) is 1.28. The number of benzene rings is 2. The average molecular weight is 372 g/mol. The first-order valence-electron chi connectivity index (χ1n) is 9.40. The van der Waals surface area contributed by atoms with Gasteiger partial charge in [0.1, 0.15) is 0 Å². The Labute approximate surface area is 155 Å². The molecule has 0 radical (unpaired) electrons. The predicted molar refractivity (Wildman–Crippen MR) is 102 cm³/mol. The summed E-state index contributed by atoms with van der Waals surface area (Å²) in [5.41, 5.74) is 3.68. The molecule has 1 aliphatic carbocycles. The van der Waals surface area contributed by atoms with Crippen molar-refractivity contribution in [3.05, 3.63) is 65.2 Å². The SMILES string of the molecule is O=S(=O)(c1ccc2c(c1)CCCC2)N1CCO[C@@H](Cc2ccccc2)C1. The van der Waals surface area contributed by atoms with Gasteiger partial charge in [-0.2, -0.15) is 4.31 Å². The van der Waals surface area contributed by atoms with Crippen LogP contribution in [0.25, 0.3) is 0 Å². The van der Waals surface area contributed by atoms with Crippen molar-refractivity contribution in [1.82, 2.24) is 4.31 Å². The first kappa shape index (κ1) is 17.7. The number of aryl methyl sites for hydroxylation is 2. The Morgan fingerprint density at radius 3 is 2.58 bits per heavy atom. The van der Waals surface area contributed by atoms with Gasteiger partial charge >= 0.3 is 0 Å². The number of rotatable bonds is 4. The van der Waals surface area contributed by atoms with Gasteiger partial charge in [-0.3, -0.25) is 0 Å². The van der Waals surface area contributed by atoms with Crippen molar-refractivity contribution >= 4 is 10.0 Å². The Bertz CT molecular complexity index is 864. The van der Waals surface area contributed by atoms with Crippen molar-refractivity contribution in [3.8, 4) is 0 Å². The Kier molecular flexibility index (Phi) is 5.11. The lowest BCUT2D eigenvalue weighted by atomic mass is 9.92. The highest BCUT2D eigenvalue weighted by Gasteiger charge is 2.31. The second-order valence-electron chi connectivity index (χ2n) is 7.18. The van der Waals surface area contributed by atoms with Crippen molar-refractivity contribution in [2.45, 2.75) is 43.1 Å². The molecule has 138 valence electrons. The molecular weight excluding hydrogens is 346 g/mol. The molecule has 0 aromatic heterocycles. The molecule has 0 unspecified atom stereocenters. The Balaban J connectivity index is 1.52. The first-order chi connectivity index (χ1) is 12.6. The van der Waals surface area contributed by atoms with E-state index in [1.165, 1.54) is 23.1 Å². The zero-order valence-electron chi connectivity index (χ0n) is 14.9. The number of nitrogens with zero attached hydrogens (tertiary/aromatic N) is 1. The van der Waals surface area contributed by atoms with Gasteiger partial charge in [0.15, 0.2) is 0 Å². The number of hydrogen-bond acceptors (Lipinski definition) is 3. The fraction of sp³-hybridized carbons (Fsp3) is 0.429. The van der Waals surface area contributed by atoms with Gasteiger partial charge in [0, 0.05) is 13.1 Å². The zero-order valence-corrected chi connectivity index (χ0v) is 15.7. The number of hydrogen-bond donors (Lipinski definition) is 0. The van der Waals surface area contributed by atoms with Crippen LogP contribution in [0.4, 0.5) is 0 Å². The molecule has 1 atom stereocenters. The summed E-state index contributed by atoms with van der Waals surface area (Å²) in [5, 5.41) is 0. The lowest BCUT2D eigenvalue weighted by Crippen LogP contribution is -2.46. The van der Waals surface area contributed by atoms with Gasteiger partial charge in [0.2, 0.25) is 10.0 Å². The standard InChI is InChI=1S/C21H25NO3S/c23-26(24,21-11-10-18-8-4-5-9-19(18)15-21)22-12-13-25-20(16-22)14-17-6-2-1-3-7-17/h1-3,6-7,10-11,15,20H,4-5,8-9,12-14,16H2/t20-/m0/s1. The molecule has 1 heterocycles. The third kappa shape index (κ3) is 3.70. The zero-order chi connectivity index (χ0) is 18.0. The van der Waals surface area contributed by atoms with Crippen LogP contribution in [0.2, 0.25) is 0 Å². The van der Waals surface area contributed by atoms with Crippen molar-refractivity contribution in [3.63, 3.8) is 0 Å². The van der Waals surface area contributed by atoms with Gasteiger partial charge in [-0.1, -0.05) is 36.4 Å². The van der Waals surface area contributed by atoms with E-state index < -0.39 is 10.0 Å². The van der Waals surface area contributed by atoms with Crippen molar-refractivity contribution in [1.29, 1.82) is 0 Å². The third-order valence-electron chi connectivity index (χ3n) is 5.37. The lowest BCUT2D eigenvalue weighted by molar-refractivity contribution is -0.000496. The van der Waals surface area contributed by atoms with Crippen molar-refractivity contribution in [2.75, 3.05) is 19.7 Å². The van der Waals surface area contributed by atoms with Gasteiger partial charge in [0.05, 0.1) is 17.6 Å². The quantitative estimate of drug-likeness (QED) is 0.829. The molecule has 0 spiro atoms. The molecule has 1 fully saturated rings. The van der Waals surface area contributed by atoms with Crippen molar-refractivity contribution < 1.29 is 13.2 Å². The summed E-state index contributed by atoms with van der Waals surface area (Å²) in [7, 11) is -3.47. The minimum Gasteiger partial charge on any atom is -0.375 e. The van der Waals surface area contributed by atoms with Gasteiger partial charge in [-0.15, -0.1) is 0 Å². The van der Waals surface area contributed by atoms with E-state index in [9.17, 15) is 8.42 Å². The van der Waals surface area contributed by atoms with Gasteiger partial charge < -0.3 is 4.74 Å². The minimum absolute atomic E-state index is 0.0986. The second kappa shape index (κ2) is 7.51. The summed E-state index contributed by atoms with van der Waals surface area (Å²) in [6.07, 6.45) is 5.03. The van der Waals surface area contributed by atoms with Crippen LogP contribution in [0, 0.1) is 0 Å². The maximum Gasteiger partial charge on any atom is 0.243 e. The maximum atomic E-state index is 13.1. The molecule has 4 nitrogen and oxygen atoms in total. The Hall–Kier alpha value is -1.69. The van der Waals surface area contributed by atoms with E-state index in [4.69, 9.17) is 4.74 Å². The van der Waals surface area contributed by atoms with Crippen LogP contribution in [0.3, 0.4) is 0 Å². The van der Waals surface area contributed by atoms with Crippen LogP contribution in [-0.2, 0) is 34.0 Å². The number of fused-ring (bicyclic) bond motifs is 1. The van der Waals surface area contributed by atoms with Gasteiger partial charge in [-0.25, -0.2) is 8.42 Å². The molecule has 1 saturated heterocycles. The normalized spacial score (nSPS) is 21.3. The van der Waals surface area contributed by atoms with Crippen LogP contribution in [0.15, 0.2) is 53.4 Å².